The Morgan fingerprint density at radius 3 is 2.88 bits per heavy atom. The summed E-state index contributed by atoms with van der Waals surface area (Å²) in [6, 6.07) is 14.2. The maximum absolute atomic E-state index is 5.57. The van der Waals surface area contributed by atoms with Crippen LogP contribution in [0.1, 0.15) is 11.3 Å². The molecule has 1 N–H and O–H groups in total. The predicted octanol–water partition coefficient (Wildman–Crippen LogP) is 4.08. The monoisotopic (exact) mass is 437 g/mol. The van der Waals surface area contributed by atoms with Gasteiger partial charge in [-0.2, -0.15) is 5.10 Å². The summed E-state index contributed by atoms with van der Waals surface area (Å²) < 4.78 is 7.45. The first-order valence-corrected chi connectivity index (χ1v) is 10.9. The Morgan fingerprint density at radius 1 is 1.03 bits per heavy atom. The topological polar surface area (TPSA) is 80.5 Å². The second kappa shape index (κ2) is 7.83. The minimum Gasteiger partial charge on any atom is -0.480 e. The largest absolute Gasteiger partial charge is 0.480 e. The molecule has 1 aliphatic rings. The van der Waals surface area contributed by atoms with E-state index in [0.29, 0.717) is 11.8 Å². The van der Waals surface area contributed by atoms with Crippen molar-refractivity contribution in [2.24, 2.45) is 0 Å². The van der Waals surface area contributed by atoms with Crippen LogP contribution in [0, 0.1) is 0 Å². The number of fused-ring (bicyclic) bond motifs is 3. The van der Waals surface area contributed by atoms with Crippen molar-refractivity contribution in [2.45, 2.75) is 13.0 Å². The van der Waals surface area contributed by atoms with E-state index in [2.05, 4.69) is 45.5 Å². The molecule has 33 heavy (non-hydrogen) atoms. The number of anilines is 2. The lowest BCUT2D eigenvalue weighted by molar-refractivity contribution is 0.307. The summed E-state index contributed by atoms with van der Waals surface area (Å²) in [5.41, 5.74) is 6.98. The lowest BCUT2D eigenvalue weighted by Crippen LogP contribution is -2.27. The molecule has 0 saturated carbocycles. The van der Waals surface area contributed by atoms with Gasteiger partial charge in [-0.3, -0.25) is 0 Å². The Hall–Kier alpha value is -4.04. The molecule has 0 saturated heterocycles. The second-order valence-electron chi connectivity index (χ2n) is 8.29. The van der Waals surface area contributed by atoms with E-state index in [1.54, 1.807) is 7.11 Å². The number of nitrogens with zero attached hydrogens (tertiary/aromatic N) is 6. The highest BCUT2D eigenvalue weighted by Gasteiger charge is 2.19. The molecule has 5 heterocycles. The summed E-state index contributed by atoms with van der Waals surface area (Å²) in [6.45, 7) is 1.86. The van der Waals surface area contributed by atoms with Crippen molar-refractivity contribution < 1.29 is 4.74 Å². The van der Waals surface area contributed by atoms with Crippen LogP contribution >= 0.6 is 0 Å². The van der Waals surface area contributed by atoms with Gasteiger partial charge in [0.2, 0.25) is 11.8 Å². The number of benzene rings is 1. The molecule has 0 unspecified atom stereocenters. The molecule has 164 valence electrons. The van der Waals surface area contributed by atoms with E-state index >= 15 is 0 Å². The molecule has 0 radical (unpaired) electrons. The molecule has 4 aromatic heterocycles. The fourth-order valence-corrected chi connectivity index (χ4v) is 4.43. The quantitative estimate of drug-likeness (QED) is 0.454. The SMILES string of the molecule is COc1nc2c(cc1Nc1ncc3cccc(-c4cnn5ccccc45)c3n1)CN(C)CC2. The van der Waals surface area contributed by atoms with Crippen LogP contribution in [-0.2, 0) is 13.0 Å². The van der Waals surface area contributed by atoms with Crippen molar-refractivity contribution >= 4 is 28.1 Å². The molecule has 0 aliphatic carbocycles. The maximum Gasteiger partial charge on any atom is 0.237 e. The van der Waals surface area contributed by atoms with E-state index < -0.39 is 0 Å². The molecular weight excluding hydrogens is 414 g/mol. The number of likely N-dealkylation sites (N-methyl/N-ethyl adjacent to an activating group) is 1. The molecule has 0 spiro atoms. The third-order valence-electron chi connectivity index (χ3n) is 6.09. The molecule has 0 amide bonds. The van der Waals surface area contributed by atoms with Crippen molar-refractivity contribution in [1.29, 1.82) is 0 Å². The zero-order chi connectivity index (χ0) is 22.4. The third-order valence-corrected chi connectivity index (χ3v) is 6.09. The van der Waals surface area contributed by atoms with Crippen molar-refractivity contribution in [3.8, 4) is 17.0 Å². The van der Waals surface area contributed by atoms with E-state index in [0.717, 1.165) is 58.4 Å². The Labute approximate surface area is 190 Å². The highest BCUT2D eigenvalue weighted by Crippen LogP contribution is 2.33. The van der Waals surface area contributed by atoms with Crippen LogP contribution in [-0.4, -0.2) is 50.2 Å². The van der Waals surface area contributed by atoms with Gasteiger partial charge >= 0.3 is 0 Å². The van der Waals surface area contributed by atoms with Gasteiger partial charge in [-0.1, -0.05) is 24.3 Å². The maximum atomic E-state index is 5.57. The Balaban J connectivity index is 1.43. The van der Waals surface area contributed by atoms with Crippen LogP contribution in [0.15, 0.2) is 61.1 Å². The molecule has 1 aromatic carbocycles. The summed E-state index contributed by atoms with van der Waals surface area (Å²) in [5, 5.41) is 8.80. The zero-order valence-electron chi connectivity index (χ0n) is 18.5. The number of nitrogens with one attached hydrogen (secondary N) is 1. The van der Waals surface area contributed by atoms with Gasteiger partial charge in [0.25, 0.3) is 0 Å². The van der Waals surface area contributed by atoms with Crippen molar-refractivity contribution in [2.75, 3.05) is 26.0 Å². The molecule has 1 aliphatic heterocycles. The number of hydrogen-bond acceptors (Lipinski definition) is 7. The van der Waals surface area contributed by atoms with Crippen LogP contribution in [0.4, 0.5) is 11.6 Å². The van der Waals surface area contributed by atoms with Crippen LogP contribution in [0.25, 0.3) is 27.5 Å². The fraction of sp³-hybridized carbons (Fsp3) is 0.200. The molecule has 0 atom stereocenters. The smallest absolute Gasteiger partial charge is 0.237 e. The third kappa shape index (κ3) is 3.44. The number of methoxy groups -OCH3 is 1. The normalized spacial score (nSPS) is 13.9. The molecule has 0 fully saturated rings. The lowest BCUT2D eigenvalue weighted by atomic mass is 10.0. The van der Waals surface area contributed by atoms with Gasteiger partial charge in [-0.15, -0.1) is 0 Å². The first-order chi connectivity index (χ1) is 16.2. The Morgan fingerprint density at radius 2 is 1.97 bits per heavy atom. The minimum absolute atomic E-state index is 0.496. The lowest BCUT2D eigenvalue weighted by Gasteiger charge is -2.25. The van der Waals surface area contributed by atoms with Gasteiger partial charge in [0.05, 0.1) is 30.0 Å². The van der Waals surface area contributed by atoms with Gasteiger partial charge < -0.3 is 15.0 Å². The number of pyridine rings is 2. The molecular formula is C25H23N7O. The van der Waals surface area contributed by atoms with Crippen molar-refractivity contribution in [3.63, 3.8) is 0 Å². The first-order valence-electron chi connectivity index (χ1n) is 10.9. The molecule has 0 bridgehead atoms. The highest BCUT2D eigenvalue weighted by molar-refractivity contribution is 5.97. The minimum atomic E-state index is 0.496. The first kappa shape index (κ1) is 19.6. The van der Waals surface area contributed by atoms with E-state index in [1.165, 1.54) is 5.56 Å². The van der Waals surface area contributed by atoms with Gasteiger partial charge in [0.15, 0.2) is 0 Å². The van der Waals surface area contributed by atoms with Crippen LogP contribution in [0.5, 0.6) is 5.88 Å². The number of para-hydroxylation sites is 1. The summed E-state index contributed by atoms with van der Waals surface area (Å²) in [6.07, 6.45) is 6.58. The average Bonchev–Trinajstić information content (AvgIpc) is 3.27. The van der Waals surface area contributed by atoms with Crippen molar-refractivity contribution in [3.05, 3.63) is 72.3 Å². The number of ether oxygens (including phenoxy) is 1. The zero-order valence-corrected chi connectivity index (χ0v) is 18.5. The molecule has 8 nitrogen and oxygen atoms in total. The van der Waals surface area contributed by atoms with Gasteiger partial charge in [0.1, 0.15) is 5.69 Å². The highest BCUT2D eigenvalue weighted by atomic mass is 16.5. The second-order valence-corrected chi connectivity index (χ2v) is 8.29. The number of hydrogen-bond donors (Lipinski definition) is 1. The van der Waals surface area contributed by atoms with Gasteiger partial charge in [0, 0.05) is 48.4 Å². The average molecular weight is 438 g/mol. The summed E-state index contributed by atoms with van der Waals surface area (Å²) in [4.78, 5) is 16.5. The Bertz CT molecular complexity index is 1490. The summed E-state index contributed by atoms with van der Waals surface area (Å²) >= 11 is 0. The molecule has 6 rings (SSSR count). The van der Waals surface area contributed by atoms with E-state index in [-0.39, 0.29) is 0 Å². The standard InChI is InChI=1S/C25H23N7O/c1-31-11-9-20-17(15-31)12-21(24(28-20)33-2)29-25-26-13-16-6-5-7-18(23(16)30-25)19-14-27-32-10-4-3-8-22(19)32/h3-8,10,12-14H,9,11,15H2,1-2H3,(H,26,29,30). The summed E-state index contributed by atoms with van der Waals surface area (Å²) in [5.74, 6) is 1.05. The molecule has 5 aromatic rings. The van der Waals surface area contributed by atoms with Gasteiger partial charge in [-0.05, 0) is 30.8 Å². The van der Waals surface area contributed by atoms with Crippen LogP contribution in [0.3, 0.4) is 0 Å². The molecule has 8 heteroatoms. The summed E-state index contributed by atoms with van der Waals surface area (Å²) in [7, 11) is 3.76. The Kier molecular flexibility index (Phi) is 4.66. The van der Waals surface area contributed by atoms with Crippen LogP contribution in [0.2, 0.25) is 0 Å². The predicted molar refractivity (Wildman–Crippen MR) is 128 cm³/mol. The van der Waals surface area contributed by atoms with E-state index in [9.17, 15) is 0 Å². The fourth-order valence-electron chi connectivity index (χ4n) is 4.43. The number of rotatable bonds is 4. The number of aromatic nitrogens is 5. The van der Waals surface area contributed by atoms with Gasteiger partial charge in [-0.25, -0.2) is 19.5 Å². The van der Waals surface area contributed by atoms with Crippen molar-refractivity contribution in [1.82, 2.24) is 29.5 Å². The van der Waals surface area contributed by atoms with Crippen LogP contribution < -0.4 is 10.1 Å². The van der Waals surface area contributed by atoms with E-state index in [4.69, 9.17) is 14.7 Å². The van der Waals surface area contributed by atoms with E-state index in [1.807, 2.05) is 47.4 Å².